The summed E-state index contributed by atoms with van der Waals surface area (Å²) in [5, 5.41) is 0. The van der Waals surface area contributed by atoms with E-state index in [4.69, 9.17) is 22.2 Å². The van der Waals surface area contributed by atoms with Gasteiger partial charge in [0, 0.05) is 29.4 Å². The highest BCUT2D eigenvalue weighted by Crippen LogP contribution is 2.26. The molecule has 4 nitrogen and oxygen atoms in total. The van der Waals surface area contributed by atoms with Crippen LogP contribution in [0.25, 0.3) is 0 Å². The number of aryl methyl sites for hydroxylation is 1. The molecule has 0 heterocycles. The molecule has 0 spiro atoms. The van der Waals surface area contributed by atoms with Crippen LogP contribution in [0.4, 0.5) is 5.69 Å². The van der Waals surface area contributed by atoms with E-state index in [1.165, 1.54) is 11.1 Å². The first kappa shape index (κ1) is 15.8. The number of methoxy groups -OCH3 is 1. The van der Waals surface area contributed by atoms with E-state index in [0.29, 0.717) is 17.0 Å². The molecule has 1 aliphatic rings. The summed E-state index contributed by atoms with van der Waals surface area (Å²) in [6.45, 7) is 0. The van der Waals surface area contributed by atoms with Crippen molar-refractivity contribution < 1.29 is 9.53 Å². The second-order valence-electron chi connectivity index (χ2n) is 5.77. The first-order chi connectivity index (χ1) is 11.1. The van der Waals surface area contributed by atoms with Crippen LogP contribution >= 0.6 is 11.8 Å². The van der Waals surface area contributed by atoms with Gasteiger partial charge in [-0.3, -0.25) is 4.79 Å². The SMILES string of the molecule is COc1cccc(N(Cl)C(=O)c2ccc3c(c2)CCC(N)C3)c1. The molecular weight excluding hydrogens is 312 g/mol. The zero-order valence-electron chi connectivity index (χ0n) is 13.0. The summed E-state index contributed by atoms with van der Waals surface area (Å²) in [5.74, 6) is 0.401. The average Bonchev–Trinajstić information content (AvgIpc) is 2.60. The third kappa shape index (κ3) is 3.33. The first-order valence-electron chi connectivity index (χ1n) is 7.60. The molecule has 0 aliphatic heterocycles. The van der Waals surface area contributed by atoms with Crippen LogP contribution in [0.3, 0.4) is 0 Å². The molecule has 2 N–H and O–H groups in total. The number of rotatable bonds is 3. The molecular formula is C18H19ClN2O2. The van der Waals surface area contributed by atoms with Crippen molar-refractivity contribution in [1.82, 2.24) is 0 Å². The van der Waals surface area contributed by atoms with Gasteiger partial charge in [0.2, 0.25) is 0 Å². The molecule has 2 aromatic rings. The summed E-state index contributed by atoms with van der Waals surface area (Å²) in [7, 11) is 1.58. The fraction of sp³-hybridized carbons (Fsp3) is 0.278. The minimum absolute atomic E-state index is 0.213. The summed E-state index contributed by atoms with van der Waals surface area (Å²) in [6.07, 6.45) is 2.72. The van der Waals surface area contributed by atoms with Crippen molar-refractivity contribution in [2.45, 2.75) is 25.3 Å². The average molecular weight is 331 g/mol. The molecule has 3 rings (SSSR count). The van der Waals surface area contributed by atoms with Gasteiger partial charge in [-0.05, 0) is 54.7 Å². The fourth-order valence-electron chi connectivity index (χ4n) is 2.88. The predicted octanol–water partition coefficient (Wildman–Crippen LogP) is 3.31. The number of hydrogen-bond acceptors (Lipinski definition) is 3. The Kier molecular flexibility index (Phi) is 4.55. The highest BCUT2D eigenvalue weighted by atomic mass is 35.5. The van der Waals surface area contributed by atoms with E-state index < -0.39 is 0 Å². The number of nitrogens with zero attached hydrogens (tertiary/aromatic N) is 1. The molecule has 0 fully saturated rings. The van der Waals surface area contributed by atoms with Gasteiger partial charge >= 0.3 is 0 Å². The van der Waals surface area contributed by atoms with Crippen LogP contribution in [0.1, 0.15) is 27.9 Å². The van der Waals surface area contributed by atoms with Crippen LogP contribution in [0.15, 0.2) is 42.5 Å². The molecule has 5 heteroatoms. The lowest BCUT2D eigenvalue weighted by atomic mass is 9.87. The molecule has 1 amide bonds. The third-order valence-electron chi connectivity index (χ3n) is 4.18. The fourth-order valence-corrected chi connectivity index (χ4v) is 3.08. The largest absolute Gasteiger partial charge is 0.497 e. The maximum absolute atomic E-state index is 12.6. The number of carbonyl (C=O) groups is 1. The van der Waals surface area contributed by atoms with Crippen LogP contribution in [0.5, 0.6) is 5.75 Å². The number of ether oxygens (including phenoxy) is 1. The lowest BCUT2D eigenvalue weighted by Gasteiger charge is -2.22. The molecule has 0 aromatic heterocycles. The van der Waals surface area contributed by atoms with Crippen LogP contribution in [0.2, 0.25) is 0 Å². The van der Waals surface area contributed by atoms with Crippen molar-refractivity contribution in [3.8, 4) is 5.75 Å². The molecule has 1 atom stereocenters. The normalized spacial score (nSPS) is 16.6. The Hall–Kier alpha value is -2.04. The predicted molar refractivity (Wildman–Crippen MR) is 92.1 cm³/mol. The van der Waals surface area contributed by atoms with E-state index in [1.807, 2.05) is 18.2 Å². The number of nitrogens with two attached hydrogens (primary N) is 1. The maximum Gasteiger partial charge on any atom is 0.272 e. The van der Waals surface area contributed by atoms with Crippen molar-refractivity contribution in [2.24, 2.45) is 5.73 Å². The van der Waals surface area contributed by atoms with E-state index in [0.717, 1.165) is 23.7 Å². The van der Waals surface area contributed by atoms with Crippen LogP contribution in [0, 0.1) is 0 Å². The number of carbonyl (C=O) groups excluding carboxylic acids is 1. The van der Waals surface area contributed by atoms with Crippen LogP contribution < -0.4 is 14.9 Å². The Bertz CT molecular complexity index is 733. The zero-order chi connectivity index (χ0) is 16.4. The zero-order valence-corrected chi connectivity index (χ0v) is 13.7. The topological polar surface area (TPSA) is 55.6 Å². The number of fused-ring (bicyclic) bond motifs is 1. The summed E-state index contributed by atoms with van der Waals surface area (Å²) < 4.78 is 6.29. The lowest BCUT2D eigenvalue weighted by molar-refractivity contribution is 0.101. The van der Waals surface area contributed by atoms with Gasteiger partial charge in [0.15, 0.2) is 0 Å². The van der Waals surface area contributed by atoms with Crippen molar-refractivity contribution in [3.63, 3.8) is 0 Å². The highest BCUT2D eigenvalue weighted by molar-refractivity contribution is 6.39. The molecule has 120 valence electrons. The van der Waals surface area contributed by atoms with Crippen LogP contribution in [-0.2, 0) is 12.8 Å². The molecule has 2 aromatic carbocycles. The van der Waals surface area contributed by atoms with Crippen molar-refractivity contribution in [2.75, 3.05) is 11.5 Å². The van der Waals surface area contributed by atoms with Gasteiger partial charge in [-0.1, -0.05) is 12.1 Å². The van der Waals surface area contributed by atoms with Crippen LogP contribution in [-0.4, -0.2) is 19.1 Å². The minimum Gasteiger partial charge on any atom is -0.497 e. The molecule has 1 aliphatic carbocycles. The van der Waals surface area contributed by atoms with Gasteiger partial charge in [-0.2, -0.15) is 0 Å². The second kappa shape index (κ2) is 6.60. The van der Waals surface area contributed by atoms with E-state index in [9.17, 15) is 4.79 Å². The van der Waals surface area contributed by atoms with Crippen molar-refractivity contribution in [1.29, 1.82) is 0 Å². The van der Waals surface area contributed by atoms with Crippen molar-refractivity contribution in [3.05, 3.63) is 59.2 Å². The van der Waals surface area contributed by atoms with Gasteiger partial charge in [0.25, 0.3) is 5.91 Å². The Morgan fingerprint density at radius 1 is 1.26 bits per heavy atom. The lowest BCUT2D eigenvalue weighted by Crippen LogP contribution is -2.28. The number of benzene rings is 2. The molecule has 0 radical (unpaired) electrons. The monoisotopic (exact) mass is 330 g/mol. The third-order valence-corrected chi connectivity index (χ3v) is 4.53. The molecule has 0 bridgehead atoms. The number of anilines is 1. The molecule has 0 saturated heterocycles. The summed E-state index contributed by atoms with van der Waals surface area (Å²) in [5.41, 5.74) is 9.56. The highest BCUT2D eigenvalue weighted by Gasteiger charge is 2.20. The first-order valence-corrected chi connectivity index (χ1v) is 7.94. The Labute approximate surface area is 140 Å². The molecule has 23 heavy (non-hydrogen) atoms. The van der Waals surface area contributed by atoms with Gasteiger partial charge in [-0.25, -0.2) is 4.42 Å². The maximum atomic E-state index is 12.6. The Morgan fingerprint density at radius 3 is 2.87 bits per heavy atom. The van der Waals surface area contributed by atoms with E-state index in [1.54, 1.807) is 31.4 Å². The number of halogens is 1. The summed E-state index contributed by atoms with van der Waals surface area (Å²) in [6, 6.07) is 13.0. The Morgan fingerprint density at radius 2 is 2.09 bits per heavy atom. The van der Waals surface area contributed by atoms with E-state index in [-0.39, 0.29) is 11.9 Å². The van der Waals surface area contributed by atoms with Gasteiger partial charge in [-0.15, -0.1) is 0 Å². The van der Waals surface area contributed by atoms with Gasteiger partial charge in [0.05, 0.1) is 12.8 Å². The summed E-state index contributed by atoms with van der Waals surface area (Å²) in [4.78, 5) is 12.6. The summed E-state index contributed by atoms with van der Waals surface area (Å²) >= 11 is 6.23. The molecule has 1 unspecified atom stereocenters. The van der Waals surface area contributed by atoms with Gasteiger partial charge in [0.1, 0.15) is 5.75 Å². The van der Waals surface area contributed by atoms with Gasteiger partial charge < -0.3 is 10.5 Å². The van der Waals surface area contributed by atoms with E-state index >= 15 is 0 Å². The quantitative estimate of drug-likeness (QED) is 0.878. The standard InChI is InChI=1S/C18H19ClN2O2/c1-23-17-4-2-3-16(11-17)21(19)18(22)14-6-5-13-10-15(20)8-7-12(13)9-14/h2-6,9,11,15H,7-8,10,20H2,1H3. The van der Waals surface area contributed by atoms with Crippen molar-refractivity contribution >= 4 is 23.4 Å². The minimum atomic E-state index is -0.252. The number of amides is 1. The molecule has 0 saturated carbocycles. The van der Waals surface area contributed by atoms with E-state index in [2.05, 4.69) is 0 Å². The number of hydrogen-bond donors (Lipinski definition) is 1. The Balaban J connectivity index is 1.85. The second-order valence-corrected chi connectivity index (χ2v) is 6.11. The smallest absolute Gasteiger partial charge is 0.272 e.